The van der Waals surface area contributed by atoms with Gasteiger partial charge in [-0.3, -0.25) is 0 Å². The SMILES string of the molecule is CC(C)(C)S/N=C/c1ccc(C2CC2)c(F)n1. The summed E-state index contributed by atoms with van der Waals surface area (Å²) < 4.78 is 17.9. The zero-order valence-electron chi connectivity index (χ0n) is 10.4. The molecule has 0 saturated heterocycles. The van der Waals surface area contributed by atoms with Gasteiger partial charge in [-0.25, -0.2) is 9.38 Å². The molecule has 1 aromatic heterocycles. The first kappa shape index (κ1) is 12.6. The zero-order valence-corrected chi connectivity index (χ0v) is 11.2. The van der Waals surface area contributed by atoms with Gasteiger partial charge in [-0.1, -0.05) is 6.07 Å². The van der Waals surface area contributed by atoms with Crippen LogP contribution in [-0.2, 0) is 0 Å². The molecule has 0 radical (unpaired) electrons. The largest absolute Gasteiger partial charge is 0.222 e. The van der Waals surface area contributed by atoms with E-state index in [2.05, 4.69) is 30.2 Å². The van der Waals surface area contributed by atoms with E-state index in [4.69, 9.17) is 0 Å². The summed E-state index contributed by atoms with van der Waals surface area (Å²) in [5, 5.41) is 0. The highest BCUT2D eigenvalue weighted by Gasteiger charge is 2.26. The van der Waals surface area contributed by atoms with E-state index in [0.29, 0.717) is 11.6 Å². The van der Waals surface area contributed by atoms with Crippen LogP contribution in [0.25, 0.3) is 0 Å². The van der Waals surface area contributed by atoms with Gasteiger partial charge in [-0.05, 0) is 57.5 Å². The molecule has 1 aliphatic rings. The van der Waals surface area contributed by atoms with Crippen molar-refractivity contribution < 1.29 is 4.39 Å². The summed E-state index contributed by atoms with van der Waals surface area (Å²) in [5.74, 6) is 0.0645. The number of nitrogens with zero attached hydrogens (tertiary/aromatic N) is 2. The summed E-state index contributed by atoms with van der Waals surface area (Å²) in [6.45, 7) is 6.25. The number of hydrogen-bond donors (Lipinski definition) is 0. The van der Waals surface area contributed by atoms with Gasteiger partial charge < -0.3 is 0 Å². The van der Waals surface area contributed by atoms with Gasteiger partial charge in [0.1, 0.15) is 0 Å². The third kappa shape index (κ3) is 3.80. The predicted molar refractivity (Wildman–Crippen MR) is 71.1 cm³/mol. The lowest BCUT2D eigenvalue weighted by Crippen LogP contribution is -2.05. The standard InChI is InChI=1S/C13H17FN2S/c1-13(2,3)17-15-8-10-6-7-11(9-4-5-9)12(14)16-10/h6-9H,4-5H2,1-3H3/b15-8+. The highest BCUT2D eigenvalue weighted by molar-refractivity contribution is 7.99. The maximum Gasteiger partial charge on any atom is 0.216 e. The fourth-order valence-electron chi connectivity index (χ4n) is 1.47. The van der Waals surface area contributed by atoms with Gasteiger partial charge in [0.15, 0.2) is 0 Å². The Labute approximate surface area is 106 Å². The second-order valence-electron chi connectivity index (χ2n) is 5.33. The minimum Gasteiger partial charge on any atom is -0.222 e. The van der Waals surface area contributed by atoms with E-state index in [0.717, 1.165) is 18.4 Å². The van der Waals surface area contributed by atoms with Gasteiger partial charge in [-0.2, -0.15) is 4.39 Å². The molecule has 0 bridgehead atoms. The summed E-state index contributed by atoms with van der Waals surface area (Å²) in [4.78, 5) is 3.92. The fraction of sp³-hybridized carbons (Fsp3) is 0.538. The second kappa shape index (κ2) is 4.77. The van der Waals surface area contributed by atoms with Crippen molar-refractivity contribution in [1.29, 1.82) is 0 Å². The van der Waals surface area contributed by atoms with Crippen molar-refractivity contribution in [2.75, 3.05) is 0 Å². The Morgan fingerprint density at radius 2 is 2.12 bits per heavy atom. The summed E-state index contributed by atoms with van der Waals surface area (Å²) >= 11 is 1.46. The molecule has 0 aromatic carbocycles. The number of hydrogen-bond acceptors (Lipinski definition) is 3. The Balaban J connectivity index is 2.04. The van der Waals surface area contributed by atoms with Gasteiger partial charge in [0, 0.05) is 10.3 Å². The first-order valence-electron chi connectivity index (χ1n) is 5.84. The van der Waals surface area contributed by atoms with Crippen LogP contribution in [-0.4, -0.2) is 15.9 Å². The summed E-state index contributed by atoms with van der Waals surface area (Å²) in [6, 6.07) is 3.67. The lowest BCUT2D eigenvalue weighted by Gasteiger charge is -2.12. The minimum absolute atomic E-state index is 0.0724. The third-order valence-corrected chi connectivity index (χ3v) is 3.19. The van der Waals surface area contributed by atoms with E-state index in [9.17, 15) is 4.39 Å². The molecule has 1 aromatic rings. The van der Waals surface area contributed by atoms with E-state index >= 15 is 0 Å². The lowest BCUT2D eigenvalue weighted by molar-refractivity contribution is 0.566. The lowest BCUT2D eigenvalue weighted by atomic mass is 10.2. The van der Waals surface area contributed by atoms with Gasteiger partial charge in [0.05, 0.1) is 11.9 Å². The average molecular weight is 252 g/mol. The first-order chi connectivity index (χ1) is 7.96. The van der Waals surface area contributed by atoms with Gasteiger partial charge >= 0.3 is 0 Å². The molecular weight excluding hydrogens is 235 g/mol. The number of pyridine rings is 1. The normalized spacial score (nSPS) is 16.7. The molecule has 92 valence electrons. The van der Waals surface area contributed by atoms with Crippen molar-refractivity contribution >= 4 is 18.2 Å². The molecule has 17 heavy (non-hydrogen) atoms. The van der Waals surface area contributed by atoms with Crippen molar-refractivity contribution in [3.05, 3.63) is 29.3 Å². The molecule has 0 unspecified atom stereocenters. The molecule has 2 nitrogen and oxygen atoms in total. The maximum atomic E-state index is 13.6. The van der Waals surface area contributed by atoms with Gasteiger partial charge in [-0.15, -0.1) is 0 Å². The Kier molecular flexibility index (Phi) is 3.52. The first-order valence-corrected chi connectivity index (χ1v) is 6.61. The Bertz CT molecular complexity index is 434. The predicted octanol–water partition coefficient (Wildman–Crippen LogP) is 3.96. The minimum atomic E-state index is -0.336. The summed E-state index contributed by atoms with van der Waals surface area (Å²) in [7, 11) is 0. The quantitative estimate of drug-likeness (QED) is 0.462. The van der Waals surface area contributed by atoms with Crippen LogP contribution in [0.2, 0.25) is 0 Å². The zero-order chi connectivity index (χ0) is 12.5. The summed E-state index contributed by atoms with van der Waals surface area (Å²) in [6.07, 6.45) is 3.80. The topological polar surface area (TPSA) is 25.2 Å². The molecule has 0 amide bonds. The Morgan fingerprint density at radius 3 is 2.65 bits per heavy atom. The van der Waals surface area contributed by atoms with Gasteiger partial charge in [0.2, 0.25) is 5.95 Å². The van der Waals surface area contributed by atoms with Crippen LogP contribution in [0.1, 0.15) is 50.8 Å². The van der Waals surface area contributed by atoms with Crippen LogP contribution >= 0.6 is 11.9 Å². The Morgan fingerprint density at radius 1 is 1.41 bits per heavy atom. The molecular formula is C13H17FN2S. The molecule has 1 fully saturated rings. The van der Waals surface area contributed by atoms with Crippen LogP contribution in [0.3, 0.4) is 0 Å². The van der Waals surface area contributed by atoms with E-state index in [-0.39, 0.29) is 10.7 Å². The third-order valence-electron chi connectivity index (χ3n) is 2.43. The molecule has 1 saturated carbocycles. The van der Waals surface area contributed by atoms with Crippen molar-refractivity contribution in [3.63, 3.8) is 0 Å². The highest BCUT2D eigenvalue weighted by atomic mass is 32.2. The molecule has 0 N–H and O–H groups in total. The number of halogens is 1. The van der Waals surface area contributed by atoms with E-state index in [1.807, 2.05) is 12.1 Å². The van der Waals surface area contributed by atoms with E-state index in [1.54, 1.807) is 6.21 Å². The molecule has 1 heterocycles. The molecule has 2 rings (SSSR count). The highest BCUT2D eigenvalue weighted by Crippen LogP contribution is 2.40. The van der Waals surface area contributed by atoms with Crippen molar-refractivity contribution in [2.24, 2.45) is 4.40 Å². The second-order valence-corrected chi connectivity index (χ2v) is 6.95. The van der Waals surface area contributed by atoms with Crippen LogP contribution in [0.4, 0.5) is 4.39 Å². The van der Waals surface area contributed by atoms with Crippen molar-refractivity contribution in [3.8, 4) is 0 Å². The molecule has 0 atom stereocenters. The Hall–Kier alpha value is -0.900. The van der Waals surface area contributed by atoms with Gasteiger partial charge in [0.25, 0.3) is 0 Å². The number of rotatable bonds is 3. The maximum absolute atomic E-state index is 13.6. The van der Waals surface area contributed by atoms with Crippen LogP contribution < -0.4 is 0 Å². The molecule has 0 aliphatic heterocycles. The molecule has 1 aliphatic carbocycles. The van der Waals surface area contributed by atoms with E-state index < -0.39 is 0 Å². The molecule has 0 spiro atoms. The van der Waals surface area contributed by atoms with Crippen LogP contribution in [0.15, 0.2) is 16.5 Å². The monoisotopic (exact) mass is 252 g/mol. The average Bonchev–Trinajstić information content (AvgIpc) is 2.99. The molecule has 4 heteroatoms. The van der Waals surface area contributed by atoms with E-state index in [1.165, 1.54) is 11.9 Å². The fourth-order valence-corrected chi connectivity index (χ4v) is 1.95. The van der Waals surface area contributed by atoms with Crippen molar-refractivity contribution in [2.45, 2.75) is 44.3 Å². The smallest absolute Gasteiger partial charge is 0.216 e. The summed E-state index contributed by atoms with van der Waals surface area (Å²) in [5.41, 5.74) is 1.34. The van der Waals surface area contributed by atoms with Crippen LogP contribution in [0, 0.1) is 5.95 Å². The van der Waals surface area contributed by atoms with Crippen LogP contribution in [0.5, 0.6) is 0 Å². The number of aromatic nitrogens is 1. The van der Waals surface area contributed by atoms with Crippen molar-refractivity contribution in [1.82, 2.24) is 4.98 Å².